The molecule has 6 heteroatoms. The number of benzene rings is 1. The minimum atomic E-state index is -2.98. The van der Waals surface area contributed by atoms with Gasteiger partial charge in [-0.3, -0.25) is 0 Å². The van der Waals surface area contributed by atoms with E-state index in [2.05, 4.69) is 9.72 Å². The maximum absolute atomic E-state index is 11.9. The number of nitrogens with zero attached hydrogens (tertiary/aromatic N) is 2. The summed E-state index contributed by atoms with van der Waals surface area (Å²) in [6.07, 6.45) is -0.353. The fourth-order valence-electron chi connectivity index (χ4n) is 1.34. The number of alkyl halides is 2. The fourth-order valence-corrected chi connectivity index (χ4v) is 1.34. The third-order valence-corrected chi connectivity index (χ3v) is 1.94. The molecule has 0 N–H and O–H groups in total. The van der Waals surface area contributed by atoms with E-state index in [1.54, 1.807) is 18.2 Å². The minimum Gasteiger partial charge on any atom is -0.409 e. The van der Waals surface area contributed by atoms with E-state index >= 15 is 0 Å². The van der Waals surface area contributed by atoms with Crippen LogP contribution in [0.15, 0.2) is 22.6 Å². The first-order valence-corrected chi connectivity index (χ1v) is 4.41. The van der Waals surface area contributed by atoms with Gasteiger partial charge < -0.3 is 9.15 Å². The van der Waals surface area contributed by atoms with E-state index in [4.69, 9.17) is 9.68 Å². The SMILES string of the molecule is N#CCc1cccc2oc(OC(F)F)nc12. The van der Waals surface area contributed by atoms with Crippen molar-refractivity contribution < 1.29 is 17.9 Å². The molecule has 0 atom stereocenters. The third kappa shape index (κ3) is 1.93. The molecular weight excluding hydrogens is 218 g/mol. The summed E-state index contributed by atoms with van der Waals surface area (Å²) >= 11 is 0. The Hall–Kier alpha value is -2.16. The van der Waals surface area contributed by atoms with E-state index in [0.717, 1.165) is 0 Å². The molecule has 2 aromatic rings. The Morgan fingerprint density at radius 1 is 1.50 bits per heavy atom. The number of aromatic nitrogens is 1. The van der Waals surface area contributed by atoms with Gasteiger partial charge in [-0.1, -0.05) is 12.1 Å². The number of fused-ring (bicyclic) bond motifs is 1. The first-order valence-electron chi connectivity index (χ1n) is 4.41. The molecule has 16 heavy (non-hydrogen) atoms. The van der Waals surface area contributed by atoms with Crippen LogP contribution in [0.5, 0.6) is 6.08 Å². The summed E-state index contributed by atoms with van der Waals surface area (Å²) < 4.78 is 32.8. The van der Waals surface area contributed by atoms with Gasteiger partial charge in [0.2, 0.25) is 0 Å². The number of hydrogen-bond acceptors (Lipinski definition) is 4. The highest BCUT2D eigenvalue weighted by molar-refractivity contribution is 5.77. The Labute approximate surface area is 89.1 Å². The molecule has 0 saturated heterocycles. The van der Waals surface area contributed by atoms with Crippen LogP contribution in [0.25, 0.3) is 11.1 Å². The number of ether oxygens (including phenoxy) is 1. The van der Waals surface area contributed by atoms with Crippen molar-refractivity contribution in [3.63, 3.8) is 0 Å². The standard InChI is InChI=1S/C10H6F2N2O2/c11-9(12)16-10-14-8-6(4-5-13)2-1-3-7(8)15-10/h1-3,9H,4H2. The molecule has 0 amide bonds. The van der Waals surface area contributed by atoms with Gasteiger partial charge in [-0.2, -0.15) is 19.0 Å². The number of halogens is 2. The van der Waals surface area contributed by atoms with Crippen LogP contribution in [-0.2, 0) is 6.42 Å². The largest absolute Gasteiger partial charge is 0.409 e. The van der Waals surface area contributed by atoms with Crippen molar-refractivity contribution >= 4 is 11.1 Å². The van der Waals surface area contributed by atoms with E-state index in [0.29, 0.717) is 16.7 Å². The highest BCUT2D eigenvalue weighted by atomic mass is 19.3. The summed E-state index contributed by atoms with van der Waals surface area (Å²) in [6.45, 7) is -2.98. The van der Waals surface area contributed by atoms with Gasteiger partial charge in [0, 0.05) is 0 Å². The number of para-hydroxylation sites is 1. The van der Waals surface area contributed by atoms with Gasteiger partial charge in [0.15, 0.2) is 5.58 Å². The molecule has 0 radical (unpaired) electrons. The Bertz CT molecular complexity index is 545. The Balaban J connectivity index is 2.45. The third-order valence-electron chi connectivity index (χ3n) is 1.94. The van der Waals surface area contributed by atoms with Crippen LogP contribution in [0, 0.1) is 11.3 Å². The van der Waals surface area contributed by atoms with E-state index in [1.807, 2.05) is 6.07 Å². The molecule has 1 aromatic heterocycles. The summed E-state index contributed by atoms with van der Waals surface area (Å²) in [5, 5.41) is 8.57. The fraction of sp³-hybridized carbons (Fsp3) is 0.200. The number of oxazole rings is 1. The maximum atomic E-state index is 11.9. The summed E-state index contributed by atoms with van der Waals surface area (Å²) in [5.74, 6) is 0. The van der Waals surface area contributed by atoms with Gasteiger partial charge in [-0.15, -0.1) is 0 Å². The van der Waals surface area contributed by atoms with Crippen LogP contribution in [0.1, 0.15) is 5.56 Å². The van der Waals surface area contributed by atoms with Gasteiger partial charge in [0.05, 0.1) is 12.5 Å². The first kappa shape index (κ1) is 10.4. The van der Waals surface area contributed by atoms with Crippen LogP contribution in [0.2, 0.25) is 0 Å². The van der Waals surface area contributed by atoms with E-state index in [9.17, 15) is 8.78 Å². The molecule has 82 valence electrons. The lowest BCUT2D eigenvalue weighted by atomic mass is 10.1. The smallest absolute Gasteiger partial charge is 0.399 e. The zero-order chi connectivity index (χ0) is 11.5. The molecule has 1 aromatic carbocycles. The molecule has 0 aliphatic heterocycles. The summed E-state index contributed by atoms with van der Waals surface area (Å²) in [7, 11) is 0. The van der Waals surface area contributed by atoms with Crippen molar-refractivity contribution in [2.45, 2.75) is 13.0 Å². The van der Waals surface area contributed by atoms with Gasteiger partial charge in [0.25, 0.3) is 0 Å². The molecule has 0 saturated carbocycles. The lowest BCUT2D eigenvalue weighted by molar-refractivity contribution is -0.0664. The molecule has 0 spiro atoms. The zero-order valence-corrected chi connectivity index (χ0v) is 7.98. The number of hydrogen-bond donors (Lipinski definition) is 0. The van der Waals surface area contributed by atoms with Crippen molar-refractivity contribution in [1.82, 2.24) is 4.98 Å². The van der Waals surface area contributed by atoms with Crippen LogP contribution in [0.4, 0.5) is 8.78 Å². The van der Waals surface area contributed by atoms with E-state index in [-0.39, 0.29) is 6.42 Å². The molecule has 0 aliphatic carbocycles. The second-order valence-corrected chi connectivity index (χ2v) is 2.96. The number of nitriles is 1. The average molecular weight is 224 g/mol. The predicted molar refractivity (Wildman–Crippen MR) is 50.0 cm³/mol. The van der Waals surface area contributed by atoms with Crippen LogP contribution >= 0.6 is 0 Å². The van der Waals surface area contributed by atoms with Crippen molar-refractivity contribution in [2.24, 2.45) is 0 Å². The number of rotatable bonds is 3. The molecular formula is C10H6F2N2O2. The van der Waals surface area contributed by atoms with E-state index in [1.165, 1.54) is 0 Å². The van der Waals surface area contributed by atoms with Crippen molar-refractivity contribution in [3.05, 3.63) is 23.8 Å². The monoisotopic (exact) mass is 224 g/mol. The summed E-state index contributed by atoms with van der Waals surface area (Å²) in [5.41, 5.74) is 1.32. The second kappa shape index (κ2) is 4.14. The van der Waals surface area contributed by atoms with Crippen LogP contribution in [0.3, 0.4) is 0 Å². The highest BCUT2D eigenvalue weighted by Gasteiger charge is 2.13. The second-order valence-electron chi connectivity index (χ2n) is 2.96. The van der Waals surface area contributed by atoms with Gasteiger partial charge in [-0.05, 0) is 11.6 Å². The van der Waals surface area contributed by atoms with E-state index < -0.39 is 12.7 Å². The predicted octanol–water partition coefficient (Wildman–Crippen LogP) is 2.50. The Morgan fingerprint density at radius 2 is 2.31 bits per heavy atom. The molecule has 0 bridgehead atoms. The minimum absolute atomic E-state index is 0.137. The molecule has 2 rings (SSSR count). The summed E-state index contributed by atoms with van der Waals surface area (Å²) in [4.78, 5) is 3.75. The molecule has 0 aliphatic rings. The quantitative estimate of drug-likeness (QED) is 0.803. The van der Waals surface area contributed by atoms with Gasteiger partial charge >= 0.3 is 12.7 Å². The Kier molecular flexibility index (Phi) is 2.68. The van der Waals surface area contributed by atoms with Crippen molar-refractivity contribution in [1.29, 1.82) is 5.26 Å². The Morgan fingerprint density at radius 3 is 3.00 bits per heavy atom. The molecule has 4 nitrogen and oxygen atoms in total. The normalized spacial score (nSPS) is 10.6. The highest BCUT2D eigenvalue weighted by Crippen LogP contribution is 2.24. The average Bonchev–Trinajstić information content (AvgIpc) is 2.60. The maximum Gasteiger partial charge on any atom is 0.399 e. The van der Waals surface area contributed by atoms with Crippen LogP contribution in [-0.4, -0.2) is 11.6 Å². The van der Waals surface area contributed by atoms with Crippen molar-refractivity contribution in [2.75, 3.05) is 0 Å². The zero-order valence-electron chi connectivity index (χ0n) is 7.98. The summed E-state index contributed by atoms with van der Waals surface area (Å²) in [6, 6.07) is 6.87. The lowest BCUT2D eigenvalue weighted by Crippen LogP contribution is -2.01. The molecule has 0 fully saturated rings. The van der Waals surface area contributed by atoms with Gasteiger partial charge in [0.1, 0.15) is 5.52 Å². The van der Waals surface area contributed by atoms with Crippen LogP contribution < -0.4 is 4.74 Å². The molecule has 0 unspecified atom stereocenters. The topological polar surface area (TPSA) is 59.0 Å². The molecule has 1 heterocycles. The van der Waals surface area contributed by atoms with Crippen molar-refractivity contribution in [3.8, 4) is 12.1 Å². The van der Waals surface area contributed by atoms with Gasteiger partial charge in [-0.25, -0.2) is 0 Å². The lowest BCUT2D eigenvalue weighted by Gasteiger charge is -1.94. The first-order chi connectivity index (χ1) is 7.70.